The van der Waals surface area contributed by atoms with Gasteiger partial charge < -0.3 is 5.11 Å². The number of alkyl halides is 3. The monoisotopic (exact) mass is 311 g/mol. The summed E-state index contributed by atoms with van der Waals surface area (Å²) in [4.78, 5) is -0.0702. The Hall–Kier alpha value is -1.12. The lowest BCUT2D eigenvalue weighted by atomic mass is 10.1. The molecule has 0 saturated carbocycles. The van der Waals surface area contributed by atoms with Crippen molar-refractivity contribution in [2.75, 3.05) is 6.54 Å². The summed E-state index contributed by atoms with van der Waals surface area (Å²) in [6.07, 6.45) is -5.65. The summed E-state index contributed by atoms with van der Waals surface area (Å²) in [5.74, 6) is 0. The van der Waals surface area contributed by atoms with Crippen LogP contribution in [0.15, 0.2) is 23.1 Å². The van der Waals surface area contributed by atoms with Crippen molar-refractivity contribution in [3.63, 3.8) is 0 Å². The van der Waals surface area contributed by atoms with Gasteiger partial charge in [-0.3, -0.25) is 0 Å². The number of aliphatic hydroxyl groups is 1. The second-order valence-electron chi connectivity index (χ2n) is 4.36. The van der Waals surface area contributed by atoms with Gasteiger partial charge in [0.1, 0.15) is 0 Å². The van der Waals surface area contributed by atoms with Crippen LogP contribution in [0, 0.1) is 6.92 Å². The van der Waals surface area contributed by atoms with Gasteiger partial charge >= 0.3 is 6.18 Å². The maximum Gasteiger partial charge on any atom is 0.389 e. The van der Waals surface area contributed by atoms with E-state index in [9.17, 15) is 21.6 Å². The van der Waals surface area contributed by atoms with Gasteiger partial charge in [-0.2, -0.15) is 13.2 Å². The van der Waals surface area contributed by atoms with E-state index in [1.165, 1.54) is 18.2 Å². The quantitative estimate of drug-likeness (QED) is 0.791. The van der Waals surface area contributed by atoms with Gasteiger partial charge in [0.05, 0.1) is 11.5 Å². The van der Waals surface area contributed by atoms with E-state index in [-0.39, 0.29) is 24.5 Å². The van der Waals surface area contributed by atoms with Gasteiger partial charge in [-0.05, 0) is 36.6 Å². The summed E-state index contributed by atoms with van der Waals surface area (Å²) in [6.45, 7) is 1.13. The molecule has 0 amide bonds. The maximum absolute atomic E-state index is 11.9. The Bertz CT molecular complexity index is 556. The Balaban J connectivity index is 2.69. The summed E-state index contributed by atoms with van der Waals surface area (Å²) in [5.41, 5.74) is 1.20. The first-order valence-corrected chi connectivity index (χ1v) is 7.41. The molecular formula is C12H16F3NO3S. The zero-order chi connectivity index (χ0) is 15.4. The minimum Gasteiger partial charge on any atom is -0.392 e. The number of sulfonamides is 1. The van der Waals surface area contributed by atoms with E-state index in [4.69, 9.17) is 5.11 Å². The average Bonchev–Trinajstić information content (AvgIpc) is 2.34. The Morgan fingerprint density at radius 2 is 1.95 bits per heavy atom. The van der Waals surface area contributed by atoms with Crippen molar-refractivity contribution in [3.8, 4) is 0 Å². The van der Waals surface area contributed by atoms with Crippen molar-refractivity contribution in [2.24, 2.45) is 0 Å². The van der Waals surface area contributed by atoms with Gasteiger partial charge in [0.15, 0.2) is 0 Å². The molecule has 0 aliphatic rings. The predicted octanol–water partition coefficient (Wildman–Crippen LogP) is 2.11. The van der Waals surface area contributed by atoms with Gasteiger partial charge in [0.25, 0.3) is 0 Å². The highest BCUT2D eigenvalue weighted by atomic mass is 32.2. The third-order valence-electron chi connectivity index (χ3n) is 2.73. The minimum absolute atomic E-state index is 0.0702. The maximum atomic E-state index is 11.9. The Labute approximate surface area is 115 Å². The molecule has 4 nitrogen and oxygen atoms in total. The zero-order valence-electron chi connectivity index (χ0n) is 10.9. The van der Waals surface area contributed by atoms with Crippen molar-refractivity contribution < 1.29 is 26.7 Å². The first kappa shape index (κ1) is 16.9. The molecule has 8 heteroatoms. The van der Waals surface area contributed by atoms with Crippen molar-refractivity contribution in [1.82, 2.24) is 4.72 Å². The molecule has 2 N–H and O–H groups in total. The normalized spacial score (nSPS) is 12.7. The summed E-state index contributed by atoms with van der Waals surface area (Å²) in [5, 5.41) is 9.07. The molecule has 20 heavy (non-hydrogen) atoms. The lowest BCUT2D eigenvalue weighted by Crippen LogP contribution is -2.26. The van der Waals surface area contributed by atoms with Crippen molar-refractivity contribution in [3.05, 3.63) is 29.3 Å². The molecule has 1 rings (SSSR count). The molecule has 1 aromatic carbocycles. The van der Waals surface area contributed by atoms with E-state index >= 15 is 0 Å². The van der Waals surface area contributed by atoms with E-state index < -0.39 is 22.6 Å². The largest absolute Gasteiger partial charge is 0.392 e. The highest BCUT2D eigenvalue weighted by molar-refractivity contribution is 7.89. The van der Waals surface area contributed by atoms with Crippen LogP contribution in [0.4, 0.5) is 13.2 Å². The summed E-state index contributed by atoms with van der Waals surface area (Å²) in [7, 11) is -3.86. The van der Waals surface area contributed by atoms with Crippen molar-refractivity contribution >= 4 is 10.0 Å². The fraction of sp³-hybridized carbons (Fsp3) is 0.500. The molecule has 0 aliphatic heterocycles. The fourth-order valence-corrected chi connectivity index (χ4v) is 2.69. The number of aryl methyl sites for hydroxylation is 1. The molecule has 0 unspecified atom stereocenters. The molecule has 0 fully saturated rings. The summed E-state index contributed by atoms with van der Waals surface area (Å²) >= 11 is 0. The van der Waals surface area contributed by atoms with Crippen LogP contribution in [-0.2, 0) is 16.6 Å². The molecule has 0 heterocycles. The molecular weight excluding hydrogens is 295 g/mol. The Kier molecular flexibility index (Phi) is 5.55. The Morgan fingerprint density at radius 1 is 1.30 bits per heavy atom. The SMILES string of the molecule is Cc1ccc(S(=O)(=O)NCCCC(F)(F)F)cc1CO. The number of nitrogens with one attached hydrogen (secondary N) is 1. The molecule has 114 valence electrons. The average molecular weight is 311 g/mol. The lowest BCUT2D eigenvalue weighted by Gasteiger charge is -2.10. The first-order valence-electron chi connectivity index (χ1n) is 5.92. The molecule has 0 radical (unpaired) electrons. The van der Waals surface area contributed by atoms with Crippen LogP contribution in [0.1, 0.15) is 24.0 Å². The number of halogens is 3. The van der Waals surface area contributed by atoms with Crippen LogP contribution in [0.5, 0.6) is 0 Å². The smallest absolute Gasteiger partial charge is 0.389 e. The van der Waals surface area contributed by atoms with E-state index in [1.54, 1.807) is 6.92 Å². The van der Waals surface area contributed by atoms with Crippen LogP contribution in [-0.4, -0.2) is 26.2 Å². The molecule has 0 saturated heterocycles. The molecule has 1 aromatic rings. The molecule has 0 aromatic heterocycles. The van der Waals surface area contributed by atoms with Crippen LogP contribution in [0.3, 0.4) is 0 Å². The first-order chi connectivity index (χ1) is 9.15. The number of rotatable bonds is 6. The summed E-state index contributed by atoms with van der Waals surface area (Å²) in [6, 6.07) is 4.19. The number of benzene rings is 1. The molecule has 0 aliphatic carbocycles. The fourth-order valence-electron chi connectivity index (χ4n) is 1.56. The molecule has 0 atom stereocenters. The van der Waals surface area contributed by atoms with E-state index in [0.29, 0.717) is 5.56 Å². The summed E-state index contributed by atoms with van der Waals surface area (Å²) < 4.78 is 61.6. The standard InChI is InChI=1S/C12H16F3NO3S/c1-9-3-4-11(7-10(9)8-17)20(18,19)16-6-2-5-12(13,14)15/h3-4,7,16-17H,2,5-6,8H2,1H3. The predicted molar refractivity (Wildman–Crippen MR) is 67.6 cm³/mol. The lowest BCUT2D eigenvalue weighted by molar-refractivity contribution is -0.135. The van der Waals surface area contributed by atoms with E-state index in [2.05, 4.69) is 4.72 Å². The highest BCUT2D eigenvalue weighted by Gasteiger charge is 2.26. The third-order valence-corrected chi connectivity index (χ3v) is 4.19. The van der Waals surface area contributed by atoms with Crippen LogP contribution in [0.25, 0.3) is 0 Å². The van der Waals surface area contributed by atoms with Crippen molar-refractivity contribution in [1.29, 1.82) is 0 Å². The highest BCUT2D eigenvalue weighted by Crippen LogP contribution is 2.21. The van der Waals surface area contributed by atoms with Gasteiger partial charge in [-0.15, -0.1) is 0 Å². The topological polar surface area (TPSA) is 66.4 Å². The number of hydrogen-bond acceptors (Lipinski definition) is 3. The molecule has 0 bridgehead atoms. The third kappa shape index (κ3) is 5.10. The Morgan fingerprint density at radius 3 is 2.50 bits per heavy atom. The van der Waals surface area contributed by atoms with Gasteiger partial charge in [0, 0.05) is 13.0 Å². The second kappa shape index (κ2) is 6.55. The van der Waals surface area contributed by atoms with Crippen LogP contribution < -0.4 is 4.72 Å². The zero-order valence-corrected chi connectivity index (χ0v) is 11.7. The van der Waals surface area contributed by atoms with E-state index in [0.717, 1.165) is 5.56 Å². The second-order valence-corrected chi connectivity index (χ2v) is 6.13. The van der Waals surface area contributed by atoms with Crippen LogP contribution >= 0.6 is 0 Å². The minimum atomic E-state index is -4.29. The number of hydrogen-bond donors (Lipinski definition) is 2. The van der Waals surface area contributed by atoms with Gasteiger partial charge in [0.2, 0.25) is 10.0 Å². The van der Waals surface area contributed by atoms with E-state index in [1.807, 2.05) is 0 Å². The van der Waals surface area contributed by atoms with Gasteiger partial charge in [-0.25, -0.2) is 13.1 Å². The van der Waals surface area contributed by atoms with Crippen molar-refractivity contribution in [2.45, 2.75) is 37.4 Å². The van der Waals surface area contributed by atoms with Crippen LogP contribution in [0.2, 0.25) is 0 Å². The number of aliphatic hydroxyl groups excluding tert-OH is 1. The van der Waals surface area contributed by atoms with Gasteiger partial charge in [-0.1, -0.05) is 6.07 Å². The molecule has 0 spiro atoms.